The molecule has 0 bridgehead atoms. The summed E-state index contributed by atoms with van der Waals surface area (Å²) in [4.78, 5) is 11.8. The molecule has 6 nitrogen and oxygen atoms in total. The summed E-state index contributed by atoms with van der Waals surface area (Å²) in [6.45, 7) is 2.22. The number of aromatic nitrogens is 2. The van der Waals surface area contributed by atoms with Crippen LogP contribution in [0.2, 0.25) is 0 Å². The minimum Gasteiger partial charge on any atom is -0.484 e. The maximum Gasteiger partial charge on any atom is 0.257 e. The molecule has 0 saturated carbocycles. The van der Waals surface area contributed by atoms with E-state index in [1.807, 2.05) is 31.2 Å². The molecule has 0 aliphatic rings. The van der Waals surface area contributed by atoms with Gasteiger partial charge in [0, 0.05) is 13.0 Å². The molecule has 0 saturated heterocycles. The highest BCUT2D eigenvalue weighted by atomic mass is 19.1. The van der Waals surface area contributed by atoms with Crippen molar-refractivity contribution in [2.75, 3.05) is 13.2 Å². The average molecular weight is 355 g/mol. The van der Waals surface area contributed by atoms with Gasteiger partial charge in [0.05, 0.1) is 5.56 Å². The van der Waals surface area contributed by atoms with Crippen molar-refractivity contribution in [1.29, 1.82) is 0 Å². The molecule has 0 aliphatic carbocycles. The minimum absolute atomic E-state index is 0.0760. The Hall–Kier alpha value is -3.22. The highest BCUT2D eigenvalue weighted by Gasteiger charge is 2.12. The quantitative estimate of drug-likeness (QED) is 0.705. The van der Waals surface area contributed by atoms with Gasteiger partial charge in [0.25, 0.3) is 11.8 Å². The third-order valence-electron chi connectivity index (χ3n) is 3.62. The molecular weight excluding hydrogens is 337 g/mol. The fourth-order valence-corrected chi connectivity index (χ4v) is 2.24. The first-order valence-electron chi connectivity index (χ1n) is 8.15. The standard InChI is InChI=1S/C19H18FN3O3/c1-13-6-8-14(9-7-13)25-12-17(24)21-11-10-18-22-23-19(26-18)15-4-2-3-5-16(15)20/h2-9H,10-12H2,1H3,(H,21,24). The van der Waals surface area contributed by atoms with Crippen LogP contribution < -0.4 is 10.1 Å². The molecule has 1 amide bonds. The number of nitrogens with one attached hydrogen (secondary N) is 1. The number of halogens is 1. The average Bonchev–Trinajstić information content (AvgIpc) is 3.10. The Morgan fingerprint density at radius 2 is 1.92 bits per heavy atom. The van der Waals surface area contributed by atoms with Gasteiger partial charge in [0.15, 0.2) is 6.61 Å². The van der Waals surface area contributed by atoms with E-state index in [4.69, 9.17) is 9.15 Å². The number of aryl methyl sites for hydroxylation is 1. The molecule has 0 aliphatic heterocycles. The van der Waals surface area contributed by atoms with E-state index >= 15 is 0 Å². The first kappa shape index (κ1) is 17.6. The number of rotatable bonds is 7. The summed E-state index contributed by atoms with van der Waals surface area (Å²) in [5.41, 5.74) is 1.37. The van der Waals surface area contributed by atoms with Crippen LogP contribution >= 0.6 is 0 Å². The van der Waals surface area contributed by atoms with Gasteiger partial charge in [-0.2, -0.15) is 0 Å². The lowest BCUT2D eigenvalue weighted by atomic mass is 10.2. The van der Waals surface area contributed by atoms with E-state index < -0.39 is 5.82 Å². The van der Waals surface area contributed by atoms with Gasteiger partial charge in [-0.05, 0) is 31.2 Å². The topological polar surface area (TPSA) is 77.2 Å². The number of nitrogens with zero attached hydrogens (tertiary/aromatic N) is 2. The summed E-state index contributed by atoms with van der Waals surface area (Å²) in [7, 11) is 0. The van der Waals surface area contributed by atoms with Crippen molar-refractivity contribution in [2.24, 2.45) is 0 Å². The van der Waals surface area contributed by atoms with Gasteiger partial charge < -0.3 is 14.5 Å². The largest absolute Gasteiger partial charge is 0.484 e. The maximum absolute atomic E-state index is 13.7. The van der Waals surface area contributed by atoms with Crippen LogP contribution in [0, 0.1) is 12.7 Å². The molecule has 0 radical (unpaired) electrons. The van der Waals surface area contributed by atoms with Crippen molar-refractivity contribution in [1.82, 2.24) is 15.5 Å². The highest BCUT2D eigenvalue weighted by molar-refractivity contribution is 5.77. The molecule has 1 N–H and O–H groups in total. The van der Waals surface area contributed by atoms with Crippen LogP contribution in [0.5, 0.6) is 5.75 Å². The first-order valence-corrected chi connectivity index (χ1v) is 8.15. The third-order valence-corrected chi connectivity index (χ3v) is 3.62. The number of carbonyl (C=O) groups is 1. The monoisotopic (exact) mass is 355 g/mol. The number of benzene rings is 2. The molecule has 1 heterocycles. The molecule has 0 fully saturated rings. The summed E-state index contributed by atoms with van der Waals surface area (Å²) in [6, 6.07) is 13.6. The van der Waals surface area contributed by atoms with Crippen LogP contribution in [0.3, 0.4) is 0 Å². The van der Waals surface area contributed by atoms with E-state index in [2.05, 4.69) is 15.5 Å². The molecule has 1 aromatic heterocycles. The lowest BCUT2D eigenvalue weighted by Crippen LogP contribution is -2.30. The van der Waals surface area contributed by atoms with E-state index in [-0.39, 0.29) is 24.0 Å². The van der Waals surface area contributed by atoms with Crippen LogP contribution in [0.25, 0.3) is 11.5 Å². The molecule has 26 heavy (non-hydrogen) atoms. The number of hydrogen-bond acceptors (Lipinski definition) is 5. The Balaban J connectivity index is 1.44. The third kappa shape index (κ3) is 4.66. The van der Waals surface area contributed by atoms with E-state index in [1.165, 1.54) is 6.07 Å². The maximum atomic E-state index is 13.7. The molecule has 3 rings (SSSR count). The van der Waals surface area contributed by atoms with Crippen molar-refractivity contribution < 1.29 is 18.3 Å². The van der Waals surface area contributed by atoms with E-state index in [0.717, 1.165) is 5.56 Å². The zero-order valence-electron chi connectivity index (χ0n) is 14.2. The van der Waals surface area contributed by atoms with Crippen molar-refractivity contribution in [3.05, 3.63) is 65.8 Å². The van der Waals surface area contributed by atoms with Crippen LogP contribution in [-0.4, -0.2) is 29.3 Å². The van der Waals surface area contributed by atoms with Crippen LogP contribution in [0.15, 0.2) is 52.9 Å². The predicted octanol–water partition coefficient (Wildman–Crippen LogP) is 2.92. The van der Waals surface area contributed by atoms with Crippen molar-refractivity contribution in [3.8, 4) is 17.2 Å². The van der Waals surface area contributed by atoms with Crippen molar-refractivity contribution >= 4 is 5.91 Å². The van der Waals surface area contributed by atoms with Gasteiger partial charge in [-0.3, -0.25) is 4.79 Å². The summed E-state index contributed by atoms with van der Waals surface area (Å²) in [5.74, 6) is 0.399. The fraction of sp³-hybridized carbons (Fsp3) is 0.211. The highest BCUT2D eigenvalue weighted by Crippen LogP contribution is 2.20. The minimum atomic E-state index is -0.427. The first-order chi connectivity index (χ1) is 12.6. The van der Waals surface area contributed by atoms with E-state index in [1.54, 1.807) is 18.2 Å². The lowest BCUT2D eigenvalue weighted by Gasteiger charge is -2.06. The number of amides is 1. The van der Waals surface area contributed by atoms with Gasteiger partial charge in [-0.25, -0.2) is 4.39 Å². The van der Waals surface area contributed by atoms with Crippen molar-refractivity contribution in [2.45, 2.75) is 13.3 Å². The normalized spacial score (nSPS) is 10.5. The zero-order chi connectivity index (χ0) is 18.4. The van der Waals surface area contributed by atoms with Crippen LogP contribution in [0.1, 0.15) is 11.5 Å². The number of hydrogen-bond donors (Lipinski definition) is 1. The number of ether oxygens (including phenoxy) is 1. The van der Waals surface area contributed by atoms with Crippen LogP contribution in [-0.2, 0) is 11.2 Å². The molecule has 0 atom stereocenters. The van der Waals surface area contributed by atoms with Crippen LogP contribution in [0.4, 0.5) is 4.39 Å². The van der Waals surface area contributed by atoms with Gasteiger partial charge in [-0.15, -0.1) is 10.2 Å². The number of carbonyl (C=O) groups excluding carboxylic acids is 1. The fourth-order valence-electron chi connectivity index (χ4n) is 2.24. The molecule has 2 aromatic carbocycles. The van der Waals surface area contributed by atoms with Crippen molar-refractivity contribution in [3.63, 3.8) is 0 Å². The Labute approximate surface area is 150 Å². The molecule has 134 valence electrons. The predicted molar refractivity (Wildman–Crippen MR) is 93.1 cm³/mol. The van der Waals surface area contributed by atoms with Gasteiger partial charge in [0.2, 0.25) is 5.89 Å². The molecular formula is C19H18FN3O3. The molecule has 0 unspecified atom stereocenters. The smallest absolute Gasteiger partial charge is 0.257 e. The Kier molecular flexibility index (Phi) is 5.58. The molecule has 7 heteroatoms. The molecule has 3 aromatic rings. The van der Waals surface area contributed by atoms with E-state index in [9.17, 15) is 9.18 Å². The lowest BCUT2D eigenvalue weighted by molar-refractivity contribution is -0.123. The summed E-state index contributed by atoms with van der Waals surface area (Å²) in [6.07, 6.45) is 0.345. The van der Waals surface area contributed by atoms with E-state index in [0.29, 0.717) is 24.6 Å². The molecule has 0 spiro atoms. The summed E-state index contributed by atoms with van der Waals surface area (Å²) in [5, 5.41) is 10.4. The Bertz CT molecular complexity index is 878. The van der Waals surface area contributed by atoms with Gasteiger partial charge in [-0.1, -0.05) is 29.8 Å². The second-order valence-corrected chi connectivity index (χ2v) is 5.68. The second-order valence-electron chi connectivity index (χ2n) is 5.68. The Morgan fingerprint density at radius 3 is 2.69 bits per heavy atom. The van der Waals surface area contributed by atoms with Gasteiger partial charge in [0.1, 0.15) is 11.6 Å². The summed E-state index contributed by atoms with van der Waals surface area (Å²) >= 11 is 0. The SMILES string of the molecule is Cc1ccc(OCC(=O)NCCc2nnc(-c3ccccc3F)o2)cc1. The Morgan fingerprint density at radius 1 is 1.15 bits per heavy atom. The van der Waals surface area contributed by atoms with Gasteiger partial charge >= 0.3 is 0 Å². The second kappa shape index (κ2) is 8.24. The zero-order valence-corrected chi connectivity index (χ0v) is 14.2. The summed E-state index contributed by atoms with van der Waals surface area (Å²) < 4.78 is 24.5.